The summed E-state index contributed by atoms with van der Waals surface area (Å²) in [5.74, 6) is 0.0642. The summed E-state index contributed by atoms with van der Waals surface area (Å²) in [5.41, 5.74) is 1.72. The molecule has 0 fully saturated rings. The molecule has 1 aromatic rings. The Balaban J connectivity index is 2.97. The van der Waals surface area contributed by atoms with Gasteiger partial charge in [-0.1, -0.05) is 17.7 Å². The van der Waals surface area contributed by atoms with Crippen LogP contribution >= 0.6 is 11.6 Å². The molecule has 1 rings (SSSR count). The van der Waals surface area contributed by atoms with Crippen molar-refractivity contribution in [2.75, 3.05) is 20.1 Å². The van der Waals surface area contributed by atoms with Gasteiger partial charge in [-0.15, -0.1) is 11.6 Å². The number of alkyl halides is 1. The Morgan fingerprint density at radius 1 is 1.35 bits per heavy atom. The van der Waals surface area contributed by atoms with Gasteiger partial charge in [0.05, 0.1) is 20.1 Å². The van der Waals surface area contributed by atoms with Crippen molar-refractivity contribution >= 4 is 17.6 Å². The van der Waals surface area contributed by atoms with Gasteiger partial charge in [0.15, 0.2) is 11.5 Å². The summed E-state index contributed by atoms with van der Waals surface area (Å²) in [6, 6.07) is 5.39. The number of ether oxygens (including phenoxy) is 2. The van der Waals surface area contributed by atoms with Crippen LogP contribution in [0.3, 0.4) is 0 Å². The van der Waals surface area contributed by atoms with Crippen molar-refractivity contribution < 1.29 is 19.4 Å². The van der Waals surface area contributed by atoms with Crippen LogP contribution in [0.5, 0.6) is 11.5 Å². The zero-order valence-corrected chi connectivity index (χ0v) is 12.6. The van der Waals surface area contributed by atoms with Crippen LogP contribution in [-0.2, 0) is 11.2 Å². The van der Waals surface area contributed by atoms with Crippen molar-refractivity contribution in [1.29, 1.82) is 0 Å². The van der Waals surface area contributed by atoms with Crippen LogP contribution in [0.4, 0.5) is 0 Å². The topological polar surface area (TPSA) is 55.8 Å². The van der Waals surface area contributed by atoms with Gasteiger partial charge in [-0.3, -0.25) is 4.79 Å². The standard InChI is InChI=1S/C15H19ClO4/c1-10(9-16)6-12(15(17)18)7-11-4-5-13(19-2)14(8-11)20-3/h4-6,8,12H,7,9H2,1-3H3,(H,17,18)/t12-/m0/s1. The minimum atomic E-state index is -0.871. The van der Waals surface area contributed by atoms with Crippen LogP contribution in [0.1, 0.15) is 12.5 Å². The summed E-state index contributed by atoms with van der Waals surface area (Å²) in [4.78, 5) is 11.3. The van der Waals surface area contributed by atoms with Crippen molar-refractivity contribution in [2.24, 2.45) is 5.92 Å². The highest BCUT2D eigenvalue weighted by Crippen LogP contribution is 2.28. The second-order valence-electron chi connectivity index (χ2n) is 4.48. The average Bonchev–Trinajstić information content (AvgIpc) is 2.45. The van der Waals surface area contributed by atoms with E-state index in [0.717, 1.165) is 11.1 Å². The van der Waals surface area contributed by atoms with E-state index in [-0.39, 0.29) is 0 Å². The van der Waals surface area contributed by atoms with Gasteiger partial charge in [0, 0.05) is 5.88 Å². The number of carbonyl (C=O) groups is 1. The van der Waals surface area contributed by atoms with Crippen molar-refractivity contribution in [3.8, 4) is 11.5 Å². The zero-order chi connectivity index (χ0) is 15.1. The lowest BCUT2D eigenvalue weighted by Gasteiger charge is -2.12. The van der Waals surface area contributed by atoms with E-state index in [2.05, 4.69) is 0 Å². The smallest absolute Gasteiger partial charge is 0.310 e. The van der Waals surface area contributed by atoms with Gasteiger partial charge >= 0.3 is 5.97 Å². The first-order chi connectivity index (χ1) is 9.51. The molecule has 0 unspecified atom stereocenters. The van der Waals surface area contributed by atoms with E-state index in [1.165, 1.54) is 0 Å². The lowest BCUT2D eigenvalue weighted by molar-refractivity contribution is -0.140. The number of hydrogen-bond donors (Lipinski definition) is 1. The molecule has 1 aromatic carbocycles. The molecule has 0 amide bonds. The van der Waals surface area contributed by atoms with Crippen LogP contribution in [0.2, 0.25) is 0 Å². The SMILES string of the molecule is COc1ccc(C[C@H](C=C(C)CCl)C(=O)O)cc1OC. The number of aliphatic carboxylic acids is 1. The van der Waals surface area contributed by atoms with E-state index in [1.54, 1.807) is 32.4 Å². The highest BCUT2D eigenvalue weighted by atomic mass is 35.5. The maximum absolute atomic E-state index is 11.3. The van der Waals surface area contributed by atoms with E-state index in [9.17, 15) is 9.90 Å². The van der Waals surface area contributed by atoms with Gasteiger partial charge in [0.1, 0.15) is 0 Å². The summed E-state index contributed by atoms with van der Waals surface area (Å²) >= 11 is 5.69. The van der Waals surface area contributed by atoms with Gasteiger partial charge in [-0.2, -0.15) is 0 Å². The maximum atomic E-state index is 11.3. The summed E-state index contributed by atoms with van der Waals surface area (Å²) in [6.45, 7) is 1.82. The zero-order valence-electron chi connectivity index (χ0n) is 11.9. The van der Waals surface area contributed by atoms with Crippen molar-refractivity contribution in [2.45, 2.75) is 13.3 Å². The number of rotatable bonds is 7. The number of carboxylic acid groups (broad SMARTS) is 1. The van der Waals surface area contributed by atoms with Crippen molar-refractivity contribution in [3.05, 3.63) is 35.4 Å². The lowest BCUT2D eigenvalue weighted by Crippen LogP contribution is -2.14. The third-order valence-electron chi connectivity index (χ3n) is 2.92. The fraction of sp³-hybridized carbons (Fsp3) is 0.400. The Hall–Kier alpha value is -1.68. The predicted octanol–water partition coefficient (Wildman–Crippen LogP) is 3.13. The van der Waals surface area contributed by atoms with Crippen LogP contribution < -0.4 is 9.47 Å². The number of allylic oxidation sites excluding steroid dienone is 1. The quantitative estimate of drug-likeness (QED) is 0.621. The first-order valence-electron chi connectivity index (χ1n) is 6.18. The Morgan fingerprint density at radius 3 is 2.50 bits per heavy atom. The number of halogens is 1. The fourth-order valence-corrected chi connectivity index (χ4v) is 1.96. The summed E-state index contributed by atoms with van der Waals surface area (Å²) in [5, 5.41) is 9.26. The first-order valence-corrected chi connectivity index (χ1v) is 6.72. The molecule has 0 bridgehead atoms. The molecule has 1 atom stereocenters. The van der Waals surface area contributed by atoms with Gasteiger partial charge in [0.2, 0.25) is 0 Å². The third kappa shape index (κ3) is 4.46. The molecule has 0 saturated carbocycles. The minimum Gasteiger partial charge on any atom is -0.493 e. The van der Waals surface area contributed by atoms with Crippen LogP contribution in [-0.4, -0.2) is 31.2 Å². The predicted molar refractivity (Wildman–Crippen MR) is 78.9 cm³/mol. The Kier molecular flexibility index (Phi) is 6.39. The van der Waals surface area contributed by atoms with Crippen molar-refractivity contribution in [3.63, 3.8) is 0 Å². The van der Waals surface area contributed by atoms with Gasteiger partial charge in [-0.25, -0.2) is 0 Å². The van der Waals surface area contributed by atoms with E-state index in [4.69, 9.17) is 21.1 Å². The maximum Gasteiger partial charge on any atom is 0.310 e. The van der Waals surface area contributed by atoms with E-state index in [1.807, 2.05) is 13.0 Å². The number of hydrogen-bond acceptors (Lipinski definition) is 3. The number of benzene rings is 1. The summed E-state index contributed by atoms with van der Waals surface area (Å²) < 4.78 is 10.4. The van der Waals surface area contributed by atoms with Gasteiger partial charge in [0.25, 0.3) is 0 Å². The third-order valence-corrected chi connectivity index (χ3v) is 3.34. The largest absolute Gasteiger partial charge is 0.493 e. The van der Waals surface area contributed by atoms with Gasteiger partial charge < -0.3 is 14.6 Å². The molecule has 1 N–H and O–H groups in total. The molecule has 0 saturated heterocycles. The molecular weight excluding hydrogens is 280 g/mol. The van der Waals surface area contributed by atoms with E-state index in [0.29, 0.717) is 23.8 Å². The Labute approximate surface area is 124 Å². The Morgan fingerprint density at radius 2 is 2.00 bits per heavy atom. The summed E-state index contributed by atoms with van der Waals surface area (Å²) in [6.07, 6.45) is 2.07. The number of methoxy groups -OCH3 is 2. The molecule has 4 nitrogen and oxygen atoms in total. The number of carboxylic acids is 1. The van der Waals surface area contributed by atoms with Crippen molar-refractivity contribution in [1.82, 2.24) is 0 Å². The molecule has 5 heteroatoms. The summed E-state index contributed by atoms with van der Waals surface area (Å²) in [7, 11) is 3.11. The molecule has 0 aliphatic carbocycles. The normalized spacial score (nSPS) is 12.9. The monoisotopic (exact) mass is 298 g/mol. The molecule has 0 aromatic heterocycles. The second kappa shape index (κ2) is 7.80. The average molecular weight is 299 g/mol. The molecule has 0 aliphatic heterocycles. The van der Waals surface area contributed by atoms with E-state index >= 15 is 0 Å². The highest BCUT2D eigenvalue weighted by Gasteiger charge is 2.16. The highest BCUT2D eigenvalue weighted by molar-refractivity contribution is 6.19. The molecule has 0 spiro atoms. The van der Waals surface area contributed by atoms with Crippen LogP contribution in [0, 0.1) is 5.92 Å². The molecule has 0 heterocycles. The van der Waals surface area contributed by atoms with Crippen LogP contribution in [0.25, 0.3) is 0 Å². The van der Waals surface area contributed by atoms with Gasteiger partial charge in [-0.05, 0) is 31.0 Å². The molecule has 0 aliphatic rings. The second-order valence-corrected chi connectivity index (χ2v) is 4.75. The fourth-order valence-electron chi connectivity index (χ4n) is 1.87. The van der Waals surface area contributed by atoms with E-state index < -0.39 is 11.9 Å². The van der Waals surface area contributed by atoms with Crippen LogP contribution in [0.15, 0.2) is 29.8 Å². The molecule has 110 valence electrons. The minimum absolute atomic E-state index is 0.329. The Bertz CT molecular complexity index is 497. The first kappa shape index (κ1) is 16.4. The molecular formula is C15H19ClO4. The molecule has 0 radical (unpaired) electrons. The molecule has 20 heavy (non-hydrogen) atoms. The lowest BCUT2D eigenvalue weighted by atomic mass is 9.97.